The van der Waals surface area contributed by atoms with E-state index in [0.29, 0.717) is 13.0 Å². The lowest BCUT2D eigenvalue weighted by molar-refractivity contribution is -0.124. The van der Waals surface area contributed by atoms with E-state index in [9.17, 15) is 9.59 Å². The largest absolute Gasteiger partial charge is 0.444 e. The summed E-state index contributed by atoms with van der Waals surface area (Å²) in [5.74, 6) is -0.453. The Balaban J connectivity index is 2.68. The van der Waals surface area contributed by atoms with Gasteiger partial charge in [0.2, 0.25) is 5.91 Å². The molecule has 0 aliphatic carbocycles. The van der Waals surface area contributed by atoms with E-state index >= 15 is 0 Å². The van der Waals surface area contributed by atoms with E-state index in [0.717, 1.165) is 12.8 Å². The van der Waals surface area contributed by atoms with Crippen LogP contribution in [0.3, 0.4) is 0 Å². The number of hydrogen-bond acceptors (Lipinski definition) is 3. The molecular formula is C11H20N2O3. The lowest BCUT2D eigenvalue weighted by Crippen LogP contribution is -2.51. The molecule has 1 atom stereocenters. The molecule has 2 amide bonds. The Kier molecular flexibility index (Phi) is 3.78. The van der Waals surface area contributed by atoms with Gasteiger partial charge in [0.1, 0.15) is 11.6 Å². The van der Waals surface area contributed by atoms with Gasteiger partial charge < -0.3 is 10.5 Å². The number of carbonyl (C=O) groups is 2. The van der Waals surface area contributed by atoms with Crippen LogP contribution >= 0.6 is 0 Å². The van der Waals surface area contributed by atoms with Crippen LogP contribution in [-0.4, -0.2) is 35.1 Å². The first kappa shape index (κ1) is 12.8. The second kappa shape index (κ2) is 4.72. The predicted octanol–water partition coefficient (Wildman–Crippen LogP) is 1.26. The van der Waals surface area contributed by atoms with Crippen molar-refractivity contribution in [2.24, 2.45) is 5.73 Å². The topological polar surface area (TPSA) is 72.6 Å². The molecule has 2 N–H and O–H groups in total. The Hall–Kier alpha value is -1.26. The molecule has 92 valence electrons. The average molecular weight is 228 g/mol. The smallest absolute Gasteiger partial charge is 0.410 e. The zero-order valence-corrected chi connectivity index (χ0v) is 10.2. The van der Waals surface area contributed by atoms with Crippen LogP contribution in [0.25, 0.3) is 0 Å². The number of primary amides is 1. The average Bonchev–Trinajstić information content (AvgIpc) is 2.15. The summed E-state index contributed by atoms with van der Waals surface area (Å²) in [7, 11) is 0. The highest BCUT2D eigenvalue weighted by atomic mass is 16.6. The van der Waals surface area contributed by atoms with Gasteiger partial charge in [0, 0.05) is 6.54 Å². The Morgan fingerprint density at radius 3 is 2.44 bits per heavy atom. The molecule has 5 heteroatoms. The molecule has 1 saturated heterocycles. The maximum atomic E-state index is 11.8. The third kappa shape index (κ3) is 3.40. The molecule has 1 fully saturated rings. The molecule has 0 unspecified atom stereocenters. The van der Waals surface area contributed by atoms with E-state index in [1.807, 2.05) is 0 Å². The van der Waals surface area contributed by atoms with Crippen molar-refractivity contribution < 1.29 is 14.3 Å². The molecule has 0 aromatic heterocycles. The first-order valence-corrected chi connectivity index (χ1v) is 5.60. The summed E-state index contributed by atoms with van der Waals surface area (Å²) < 4.78 is 5.24. The minimum absolute atomic E-state index is 0.448. The number of nitrogens with zero attached hydrogens (tertiary/aromatic N) is 1. The molecule has 0 saturated carbocycles. The van der Waals surface area contributed by atoms with Crippen LogP contribution < -0.4 is 5.73 Å². The van der Waals surface area contributed by atoms with Crippen LogP contribution in [-0.2, 0) is 9.53 Å². The van der Waals surface area contributed by atoms with Crippen molar-refractivity contribution in [3.05, 3.63) is 0 Å². The third-order valence-electron chi connectivity index (χ3n) is 2.46. The summed E-state index contributed by atoms with van der Waals surface area (Å²) in [5, 5.41) is 0. The van der Waals surface area contributed by atoms with E-state index in [-0.39, 0.29) is 0 Å². The van der Waals surface area contributed by atoms with Gasteiger partial charge in [-0.2, -0.15) is 0 Å². The zero-order chi connectivity index (χ0) is 12.3. The Bertz CT molecular complexity index is 283. The van der Waals surface area contributed by atoms with Crippen LogP contribution in [0, 0.1) is 0 Å². The number of hydrogen-bond donors (Lipinski definition) is 1. The number of rotatable bonds is 1. The van der Waals surface area contributed by atoms with Crippen molar-refractivity contribution in [1.82, 2.24) is 4.90 Å². The molecule has 1 aliphatic rings. The standard InChI is InChI=1S/C11H20N2O3/c1-11(2,3)16-10(15)13-7-5-4-6-8(13)9(12)14/h8H,4-7H2,1-3H3,(H2,12,14)/t8-/m0/s1. The Morgan fingerprint density at radius 2 is 1.94 bits per heavy atom. The lowest BCUT2D eigenvalue weighted by Gasteiger charge is -2.34. The Morgan fingerprint density at radius 1 is 1.31 bits per heavy atom. The minimum atomic E-state index is -0.545. The van der Waals surface area contributed by atoms with Crippen LogP contribution in [0.5, 0.6) is 0 Å². The second-order valence-corrected chi connectivity index (χ2v) is 5.09. The molecule has 0 aromatic rings. The van der Waals surface area contributed by atoms with Crippen LogP contribution in [0.4, 0.5) is 4.79 Å². The molecule has 0 radical (unpaired) electrons. The first-order chi connectivity index (χ1) is 7.31. The minimum Gasteiger partial charge on any atom is -0.444 e. The number of carbonyl (C=O) groups excluding carboxylic acids is 2. The van der Waals surface area contributed by atoms with Crippen molar-refractivity contribution in [3.63, 3.8) is 0 Å². The quantitative estimate of drug-likeness (QED) is 0.734. The maximum absolute atomic E-state index is 11.8. The van der Waals surface area contributed by atoms with Gasteiger partial charge in [0.25, 0.3) is 0 Å². The van der Waals surface area contributed by atoms with Crippen molar-refractivity contribution >= 4 is 12.0 Å². The highest BCUT2D eigenvalue weighted by Crippen LogP contribution is 2.19. The summed E-state index contributed by atoms with van der Waals surface area (Å²) in [5.41, 5.74) is 4.73. The van der Waals surface area contributed by atoms with Gasteiger partial charge in [0.15, 0.2) is 0 Å². The summed E-state index contributed by atoms with van der Waals surface area (Å²) in [6.45, 7) is 5.94. The van der Waals surface area contributed by atoms with Gasteiger partial charge >= 0.3 is 6.09 Å². The monoisotopic (exact) mass is 228 g/mol. The molecule has 5 nitrogen and oxygen atoms in total. The van der Waals surface area contributed by atoms with Crippen LogP contribution in [0.2, 0.25) is 0 Å². The van der Waals surface area contributed by atoms with Crippen LogP contribution in [0.15, 0.2) is 0 Å². The third-order valence-corrected chi connectivity index (χ3v) is 2.46. The highest BCUT2D eigenvalue weighted by Gasteiger charge is 2.33. The van der Waals surface area contributed by atoms with Crippen molar-refractivity contribution in [2.45, 2.75) is 51.7 Å². The second-order valence-electron chi connectivity index (χ2n) is 5.09. The molecule has 0 bridgehead atoms. The molecule has 1 heterocycles. The first-order valence-electron chi connectivity index (χ1n) is 5.60. The predicted molar refractivity (Wildman–Crippen MR) is 59.8 cm³/mol. The maximum Gasteiger partial charge on any atom is 0.410 e. The summed E-state index contributed by atoms with van der Waals surface area (Å²) in [4.78, 5) is 24.5. The van der Waals surface area contributed by atoms with Crippen molar-refractivity contribution in [1.29, 1.82) is 0 Å². The van der Waals surface area contributed by atoms with Crippen molar-refractivity contribution in [2.75, 3.05) is 6.54 Å². The van der Waals surface area contributed by atoms with E-state index in [4.69, 9.17) is 10.5 Å². The number of amides is 2. The van der Waals surface area contributed by atoms with Gasteiger partial charge in [-0.25, -0.2) is 4.79 Å². The van der Waals surface area contributed by atoms with Gasteiger partial charge in [0.05, 0.1) is 0 Å². The molecule has 16 heavy (non-hydrogen) atoms. The fraction of sp³-hybridized carbons (Fsp3) is 0.818. The molecule has 1 rings (SSSR count). The van der Waals surface area contributed by atoms with Gasteiger partial charge in [-0.3, -0.25) is 9.69 Å². The molecule has 0 aromatic carbocycles. The van der Waals surface area contributed by atoms with E-state index in [2.05, 4.69) is 0 Å². The van der Waals surface area contributed by atoms with Gasteiger partial charge in [-0.1, -0.05) is 0 Å². The number of ether oxygens (including phenoxy) is 1. The summed E-state index contributed by atoms with van der Waals surface area (Å²) >= 11 is 0. The van der Waals surface area contributed by atoms with E-state index in [1.54, 1.807) is 20.8 Å². The van der Waals surface area contributed by atoms with E-state index in [1.165, 1.54) is 4.90 Å². The number of nitrogens with two attached hydrogens (primary N) is 1. The molecular weight excluding hydrogens is 208 g/mol. The van der Waals surface area contributed by atoms with Gasteiger partial charge in [-0.15, -0.1) is 0 Å². The highest BCUT2D eigenvalue weighted by molar-refractivity contribution is 5.84. The van der Waals surface area contributed by atoms with Gasteiger partial charge in [-0.05, 0) is 40.0 Å². The number of likely N-dealkylation sites (tertiary alicyclic amines) is 1. The SMILES string of the molecule is CC(C)(C)OC(=O)N1CCCC[C@H]1C(N)=O. The fourth-order valence-corrected chi connectivity index (χ4v) is 1.77. The van der Waals surface area contributed by atoms with Crippen molar-refractivity contribution in [3.8, 4) is 0 Å². The normalized spacial score (nSPS) is 21.7. The fourth-order valence-electron chi connectivity index (χ4n) is 1.77. The van der Waals surface area contributed by atoms with Crippen LogP contribution in [0.1, 0.15) is 40.0 Å². The molecule has 0 spiro atoms. The summed E-state index contributed by atoms with van der Waals surface area (Å²) in [6, 6.07) is -0.511. The van der Waals surface area contributed by atoms with E-state index < -0.39 is 23.6 Å². The lowest BCUT2D eigenvalue weighted by atomic mass is 10.0. The number of piperidine rings is 1. The molecule has 1 aliphatic heterocycles. The Labute approximate surface area is 95.9 Å². The summed E-state index contributed by atoms with van der Waals surface area (Å²) in [6.07, 6.45) is 2.00. The zero-order valence-electron chi connectivity index (χ0n) is 10.2.